The maximum absolute atomic E-state index is 12.9. The molecule has 0 unspecified atom stereocenters. The Labute approximate surface area is 228 Å². The number of aromatic nitrogens is 2. The van der Waals surface area contributed by atoms with E-state index < -0.39 is 5.41 Å². The summed E-state index contributed by atoms with van der Waals surface area (Å²) in [4.78, 5) is 30.0. The number of ether oxygens (including phenoxy) is 3. The van der Waals surface area contributed by atoms with E-state index in [-0.39, 0.29) is 42.1 Å². The molecule has 0 fully saturated rings. The number of carbonyl (C=O) groups is 2. The summed E-state index contributed by atoms with van der Waals surface area (Å²) in [6, 6.07) is 0. The number of hydrogen-bond donors (Lipinski definition) is 0. The van der Waals surface area contributed by atoms with Crippen molar-refractivity contribution in [3.05, 3.63) is 48.1 Å². The highest BCUT2D eigenvalue weighted by atomic mass is 16.6. The smallest absolute Gasteiger partial charge is 0.331 e. The van der Waals surface area contributed by atoms with Crippen LogP contribution in [-0.2, 0) is 30.8 Å². The van der Waals surface area contributed by atoms with Gasteiger partial charge in [0.05, 0.1) is 17.4 Å². The Morgan fingerprint density at radius 2 is 1.89 bits per heavy atom. The first-order valence-electron chi connectivity index (χ1n) is 13.8. The van der Waals surface area contributed by atoms with Crippen LogP contribution in [0.5, 0.6) is 0 Å². The molecule has 1 heterocycles. The molecule has 38 heavy (non-hydrogen) atoms. The summed E-state index contributed by atoms with van der Waals surface area (Å²) in [7, 11) is 3.54. The maximum atomic E-state index is 12.9. The molecule has 7 heteroatoms. The monoisotopic (exact) mass is 526 g/mol. The van der Waals surface area contributed by atoms with Crippen molar-refractivity contribution in [1.82, 2.24) is 9.55 Å². The number of nitrogens with zero attached hydrogens (tertiary/aromatic N) is 2. The fraction of sp³-hybridized carbons (Fsp3) is 0.645. The van der Waals surface area contributed by atoms with Crippen molar-refractivity contribution in [2.24, 2.45) is 36.1 Å². The van der Waals surface area contributed by atoms with Gasteiger partial charge >= 0.3 is 11.9 Å². The van der Waals surface area contributed by atoms with Crippen molar-refractivity contribution >= 4 is 18.0 Å². The second-order valence-electron chi connectivity index (χ2n) is 12.2. The molecule has 0 spiro atoms. The van der Waals surface area contributed by atoms with E-state index >= 15 is 0 Å². The van der Waals surface area contributed by atoms with Crippen LogP contribution in [0.4, 0.5) is 0 Å². The molecule has 2 aliphatic rings. The predicted octanol–water partition coefficient (Wildman–Crippen LogP) is 5.91. The zero-order chi connectivity index (χ0) is 28.0. The molecule has 1 aromatic rings. The van der Waals surface area contributed by atoms with Gasteiger partial charge in [0, 0.05) is 32.9 Å². The van der Waals surface area contributed by atoms with Gasteiger partial charge in [0.1, 0.15) is 18.3 Å². The average molecular weight is 527 g/mol. The molecule has 0 N–H and O–H groups in total. The molecule has 0 aromatic carbocycles. The van der Waals surface area contributed by atoms with E-state index in [9.17, 15) is 9.59 Å². The third-order valence-electron chi connectivity index (χ3n) is 7.87. The van der Waals surface area contributed by atoms with Crippen LogP contribution in [0.3, 0.4) is 0 Å². The fourth-order valence-electron chi connectivity index (χ4n) is 5.65. The van der Waals surface area contributed by atoms with E-state index in [4.69, 9.17) is 14.2 Å². The lowest BCUT2D eigenvalue weighted by Gasteiger charge is -2.43. The summed E-state index contributed by atoms with van der Waals surface area (Å²) in [5.74, 6) is 0.789. The van der Waals surface area contributed by atoms with Gasteiger partial charge in [-0.25, -0.2) is 9.78 Å². The quantitative estimate of drug-likeness (QED) is 0.260. The number of rotatable bonds is 6. The van der Waals surface area contributed by atoms with E-state index in [0.717, 1.165) is 12.8 Å². The van der Waals surface area contributed by atoms with Crippen LogP contribution in [-0.4, -0.2) is 46.9 Å². The molecule has 0 saturated carbocycles. The van der Waals surface area contributed by atoms with Gasteiger partial charge < -0.3 is 18.8 Å². The van der Waals surface area contributed by atoms with E-state index in [1.807, 2.05) is 50.7 Å². The van der Waals surface area contributed by atoms with Gasteiger partial charge in [0.25, 0.3) is 0 Å². The molecule has 0 bridgehead atoms. The molecule has 1 aromatic heterocycles. The molecule has 0 aliphatic heterocycles. The maximum Gasteiger partial charge on any atom is 0.331 e. The molecular weight excluding hydrogens is 480 g/mol. The number of fused-ring (bicyclic) bond motifs is 1. The minimum absolute atomic E-state index is 0.216. The third-order valence-corrected chi connectivity index (χ3v) is 7.87. The summed E-state index contributed by atoms with van der Waals surface area (Å²) in [6.45, 7) is 12.3. The van der Waals surface area contributed by atoms with Gasteiger partial charge in [0.15, 0.2) is 0 Å². The summed E-state index contributed by atoms with van der Waals surface area (Å²) >= 11 is 0. The highest BCUT2D eigenvalue weighted by Crippen LogP contribution is 2.45. The number of carbonyl (C=O) groups excluding carboxylic acids is 2. The predicted molar refractivity (Wildman–Crippen MR) is 149 cm³/mol. The van der Waals surface area contributed by atoms with Gasteiger partial charge in [-0.1, -0.05) is 37.6 Å². The molecule has 0 saturated heterocycles. The second-order valence-corrected chi connectivity index (χ2v) is 12.2. The average Bonchev–Trinajstić information content (AvgIpc) is 3.26. The number of esters is 2. The first-order valence-corrected chi connectivity index (χ1v) is 13.8. The number of aryl methyl sites for hydroxylation is 1. The summed E-state index contributed by atoms with van der Waals surface area (Å²) in [6.07, 6.45) is 14.9. The molecule has 6 atom stereocenters. The first kappa shape index (κ1) is 29.9. The number of imidazole rings is 1. The van der Waals surface area contributed by atoms with Crippen LogP contribution in [0.1, 0.15) is 72.9 Å². The van der Waals surface area contributed by atoms with Gasteiger partial charge in [-0.05, 0) is 76.7 Å². The summed E-state index contributed by atoms with van der Waals surface area (Å²) in [5.41, 5.74) is 1.43. The van der Waals surface area contributed by atoms with Gasteiger partial charge in [0.2, 0.25) is 0 Å². The van der Waals surface area contributed by atoms with Crippen LogP contribution in [0.25, 0.3) is 6.08 Å². The van der Waals surface area contributed by atoms with Crippen LogP contribution < -0.4 is 0 Å². The Morgan fingerprint density at radius 1 is 1.16 bits per heavy atom. The summed E-state index contributed by atoms with van der Waals surface area (Å²) < 4.78 is 19.8. The van der Waals surface area contributed by atoms with E-state index in [1.54, 1.807) is 19.5 Å². The lowest BCUT2D eigenvalue weighted by Crippen LogP contribution is -2.42. The Kier molecular flexibility index (Phi) is 10.2. The number of methoxy groups -OCH3 is 1. The van der Waals surface area contributed by atoms with Crippen LogP contribution in [0.15, 0.2) is 42.4 Å². The van der Waals surface area contributed by atoms with Crippen LogP contribution >= 0.6 is 0 Å². The fourth-order valence-corrected chi connectivity index (χ4v) is 5.65. The number of hydrogen-bond acceptors (Lipinski definition) is 6. The summed E-state index contributed by atoms with van der Waals surface area (Å²) in [5, 5.41) is 0. The Bertz CT molecular complexity index is 1040. The molecule has 2 aliphatic carbocycles. The highest BCUT2D eigenvalue weighted by molar-refractivity contribution is 5.86. The first-order chi connectivity index (χ1) is 17.9. The molecule has 7 nitrogen and oxygen atoms in total. The van der Waals surface area contributed by atoms with Gasteiger partial charge in [-0.15, -0.1) is 0 Å². The molecular formula is C31H46N2O5. The Balaban J connectivity index is 1.90. The highest BCUT2D eigenvalue weighted by Gasteiger charge is 2.41. The minimum Gasteiger partial charge on any atom is -0.459 e. The van der Waals surface area contributed by atoms with Crippen molar-refractivity contribution in [2.75, 3.05) is 7.11 Å². The Hall–Kier alpha value is -2.67. The normalized spacial score (nSPS) is 28.6. The third kappa shape index (κ3) is 7.92. The molecule has 0 amide bonds. The molecule has 0 radical (unpaired) electrons. The zero-order valence-corrected chi connectivity index (χ0v) is 24.3. The molecule has 210 valence electrons. The Morgan fingerprint density at radius 3 is 2.50 bits per heavy atom. The zero-order valence-electron chi connectivity index (χ0n) is 24.3. The number of allylic oxidation sites excluding steroid dienone is 2. The van der Waals surface area contributed by atoms with Crippen molar-refractivity contribution in [2.45, 2.75) is 85.5 Å². The van der Waals surface area contributed by atoms with Crippen LogP contribution in [0.2, 0.25) is 0 Å². The van der Waals surface area contributed by atoms with Crippen molar-refractivity contribution in [3.63, 3.8) is 0 Å². The lowest BCUT2D eigenvalue weighted by atomic mass is 9.64. The van der Waals surface area contributed by atoms with Crippen molar-refractivity contribution in [3.8, 4) is 0 Å². The SMILES string of the molecule is CO[C@H]1C=CC[C@@H](OC(=O)C=Cc2cn(C)cn2)C[C@H]2C(C)=CC[C@H](C(C)C)[C@H]2C[C@@H]1OC(=O)C(C)(C)C. The van der Waals surface area contributed by atoms with Gasteiger partial charge in [-0.2, -0.15) is 0 Å². The van der Waals surface area contributed by atoms with Crippen molar-refractivity contribution < 1.29 is 23.8 Å². The topological polar surface area (TPSA) is 79.7 Å². The van der Waals surface area contributed by atoms with Crippen molar-refractivity contribution in [1.29, 1.82) is 0 Å². The molecule has 3 rings (SSSR count). The van der Waals surface area contributed by atoms with Gasteiger partial charge in [-0.3, -0.25) is 4.79 Å². The van der Waals surface area contributed by atoms with E-state index in [2.05, 4.69) is 31.8 Å². The largest absolute Gasteiger partial charge is 0.459 e. The standard InChI is InChI=1S/C31H46N2O5/c1-20(2)24-14-12-21(3)25-16-23(37-29(34)15-13-22-18-33(7)19-32-22)10-9-11-27(36-8)28(17-26(24)25)38-30(35)31(4,5)6/h9,11-13,15,18-20,23-28H,10,14,16-17H2,1-8H3/t23-,24-,25+,26-,27+,28+/m1/s1. The van der Waals surface area contributed by atoms with Crippen LogP contribution in [0, 0.1) is 29.1 Å². The van der Waals surface area contributed by atoms with E-state index in [0.29, 0.717) is 30.4 Å². The van der Waals surface area contributed by atoms with E-state index in [1.165, 1.54) is 11.6 Å². The lowest BCUT2D eigenvalue weighted by molar-refractivity contribution is -0.166. The minimum atomic E-state index is -0.599. The second kappa shape index (κ2) is 12.9.